The molecule has 8 heteroatoms. The van der Waals surface area contributed by atoms with Crippen LogP contribution < -0.4 is 10.6 Å². The minimum atomic E-state index is -0.908. The summed E-state index contributed by atoms with van der Waals surface area (Å²) in [5.41, 5.74) is 2.05. The number of carbonyl (C=O) groups excluding carboxylic acids is 2. The molecule has 3 N–H and O–H groups in total. The Morgan fingerprint density at radius 2 is 2.07 bits per heavy atom. The van der Waals surface area contributed by atoms with Crippen molar-refractivity contribution in [2.45, 2.75) is 39.2 Å². The lowest BCUT2D eigenvalue weighted by atomic mass is 10.1. The standard InChI is InChI=1S/C20H22F2N2O3S/c1-3-27-20(26)18-13-5-4-6-16(13)28-19(18)24-17(25)10-23-11(2)12-7-8-14(21)15(22)9-12/h7-9,11,23H,3-6,10H2,1-2H3,(H,24,25)/p+1/t11-/m0/s1. The Kier molecular flexibility index (Phi) is 6.41. The number of aryl methyl sites for hydroxylation is 1. The van der Waals surface area contributed by atoms with E-state index in [4.69, 9.17) is 4.74 Å². The molecule has 3 rings (SSSR count). The Morgan fingerprint density at radius 3 is 2.79 bits per heavy atom. The molecule has 0 spiro atoms. The number of quaternary nitrogens is 1. The number of halogens is 2. The van der Waals surface area contributed by atoms with Crippen LogP contribution in [0.5, 0.6) is 0 Å². The molecule has 0 saturated carbocycles. The molecule has 0 saturated heterocycles. The van der Waals surface area contributed by atoms with E-state index in [1.165, 1.54) is 17.4 Å². The highest BCUT2D eigenvalue weighted by Crippen LogP contribution is 2.39. The molecule has 1 atom stereocenters. The zero-order valence-electron chi connectivity index (χ0n) is 15.8. The molecule has 1 heterocycles. The van der Waals surface area contributed by atoms with Crippen molar-refractivity contribution in [2.24, 2.45) is 0 Å². The van der Waals surface area contributed by atoms with E-state index in [2.05, 4.69) is 5.32 Å². The summed E-state index contributed by atoms with van der Waals surface area (Å²) in [6.45, 7) is 3.92. The zero-order chi connectivity index (χ0) is 20.3. The molecule has 2 aromatic rings. The van der Waals surface area contributed by atoms with Crippen molar-refractivity contribution in [3.05, 3.63) is 51.4 Å². The van der Waals surface area contributed by atoms with E-state index in [0.717, 1.165) is 41.8 Å². The predicted octanol–water partition coefficient (Wildman–Crippen LogP) is 2.95. The second kappa shape index (κ2) is 8.79. The molecule has 5 nitrogen and oxygen atoms in total. The number of rotatable bonds is 7. The maximum atomic E-state index is 13.4. The highest BCUT2D eigenvalue weighted by Gasteiger charge is 2.28. The summed E-state index contributed by atoms with van der Waals surface area (Å²) >= 11 is 1.43. The van der Waals surface area contributed by atoms with E-state index in [1.54, 1.807) is 12.2 Å². The van der Waals surface area contributed by atoms with Gasteiger partial charge in [-0.3, -0.25) is 4.79 Å². The third kappa shape index (κ3) is 4.39. The van der Waals surface area contributed by atoms with Crippen LogP contribution in [0.1, 0.15) is 52.7 Å². The number of anilines is 1. The predicted molar refractivity (Wildman–Crippen MR) is 102 cm³/mol. The van der Waals surface area contributed by atoms with Gasteiger partial charge in [-0.25, -0.2) is 13.6 Å². The molecule has 0 bridgehead atoms. The first-order chi connectivity index (χ1) is 13.4. The van der Waals surface area contributed by atoms with Gasteiger partial charge in [0, 0.05) is 10.4 Å². The van der Waals surface area contributed by atoms with E-state index in [-0.39, 0.29) is 25.1 Å². The molecular weight excluding hydrogens is 386 g/mol. The second-order valence-electron chi connectivity index (χ2n) is 6.73. The van der Waals surface area contributed by atoms with Gasteiger partial charge in [0.2, 0.25) is 0 Å². The maximum Gasteiger partial charge on any atom is 0.341 e. The fraction of sp³-hybridized carbons (Fsp3) is 0.400. The first kappa shape index (κ1) is 20.4. The number of nitrogens with two attached hydrogens (primary N) is 1. The normalized spacial score (nSPS) is 13.9. The monoisotopic (exact) mass is 409 g/mol. The van der Waals surface area contributed by atoms with Crippen LogP contribution in [0.15, 0.2) is 18.2 Å². The summed E-state index contributed by atoms with van der Waals surface area (Å²) in [6, 6.07) is 3.49. The molecule has 1 amide bonds. The largest absolute Gasteiger partial charge is 0.462 e. The van der Waals surface area contributed by atoms with Crippen LogP contribution in [0.2, 0.25) is 0 Å². The van der Waals surface area contributed by atoms with Crippen molar-refractivity contribution < 1.29 is 28.4 Å². The van der Waals surface area contributed by atoms with Crippen LogP contribution in [-0.4, -0.2) is 25.0 Å². The van der Waals surface area contributed by atoms with Crippen molar-refractivity contribution in [2.75, 3.05) is 18.5 Å². The number of benzene rings is 1. The van der Waals surface area contributed by atoms with Crippen molar-refractivity contribution >= 4 is 28.2 Å². The number of hydrogen-bond donors (Lipinski definition) is 2. The maximum absolute atomic E-state index is 13.4. The minimum Gasteiger partial charge on any atom is -0.462 e. The van der Waals surface area contributed by atoms with Crippen LogP contribution in [0.3, 0.4) is 0 Å². The van der Waals surface area contributed by atoms with Gasteiger partial charge in [0.1, 0.15) is 11.0 Å². The zero-order valence-corrected chi connectivity index (χ0v) is 16.6. The van der Waals surface area contributed by atoms with Crippen molar-refractivity contribution in [3.63, 3.8) is 0 Å². The van der Waals surface area contributed by atoms with Gasteiger partial charge in [-0.2, -0.15) is 0 Å². The van der Waals surface area contributed by atoms with Crippen LogP contribution in [-0.2, 0) is 22.4 Å². The van der Waals surface area contributed by atoms with Crippen LogP contribution >= 0.6 is 11.3 Å². The van der Waals surface area contributed by atoms with Gasteiger partial charge < -0.3 is 15.4 Å². The molecule has 0 aliphatic heterocycles. The van der Waals surface area contributed by atoms with Crippen LogP contribution in [0.25, 0.3) is 0 Å². The molecule has 28 heavy (non-hydrogen) atoms. The molecule has 150 valence electrons. The van der Waals surface area contributed by atoms with Crippen molar-refractivity contribution in [1.29, 1.82) is 0 Å². The molecule has 1 aliphatic carbocycles. The fourth-order valence-corrected chi connectivity index (χ4v) is 4.60. The number of carbonyl (C=O) groups is 2. The highest BCUT2D eigenvalue weighted by atomic mass is 32.1. The third-order valence-corrected chi connectivity index (χ3v) is 5.99. The third-order valence-electron chi connectivity index (χ3n) is 4.78. The first-order valence-electron chi connectivity index (χ1n) is 9.30. The van der Waals surface area contributed by atoms with Crippen molar-refractivity contribution in [3.8, 4) is 0 Å². The van der Waals surface area contributed by atoms with E-state index in [1.807, 2.05) is 6.92 Å². The highest BCUT2D eigenvalue weighted by molar-refractivity contribution is 7.17. The number of nitrogens with one attached hydrogen (secondary N) is 1. The molecule has 0 unspecified atom stereocenters. The summed E-state index contributed by atoms with van der Waals surface area (Å²) in [7, 11) is 0. The summed E-state index contributed by atoms with van der Waals surface area (Å²) in [6.07, 6.45) is 2.72. The van der Waals surface area contributed by atoms with Gasteiger partial charge in [-0.15, -0.1) is 11.3 Å². The average Bonchev–Trinajstić information content (AvgIpc) is 3.22. The topological polar surface area (TPSA) is 72.0 Å². The molecule has 1 aromatic heterocycles. The molecular formula is C20H23F2N2O3S+. The molecule has 1 aromatic carbocycles. The van der Waals surface area contributed by atoms with Gasteiger partial charge in [0.25, 0.3) is 5.91 Å². The number of hydrogen-bond acceptors (Lipinski definition) is 4. The lowest BCUT2D eigenvalue weighted by molar-refractivity contribution is -0.682. The Hall–Kier alpha value is -2.32. The first-order valence-corrected chi connectivity index (χ1v) is 10.1. The van der Waals surface area contributed by atoms with Gasteiger partial charge >= 0.3 is 5.97 Å². The smallest absolute Gasteiger partial charge is 0.341 e. The number of ether oxygens (including phenoxy) is 1. The van der Waals surface area contributed by atoms with Gasteiger partial charge in [-0.05, 0) is 56.9 Å². The average molecular weight is 409 g/mol. The minimum absolute atomic E-state index is 0.0883. The fourth-order valence-electron chi connectivity index (χ4n) is 3.30. The Labute approximate surface area is 166 Å². The number of esters is 1. The number of amides is 1. The molecule has 0 fully saturated rings. The Morgan fingerprint density at radius 1 is 1.29 bits per heavy atom. The van der Waals surface area contributed by atoms with E-state index in [0.29, 0.717) is 16.1 Å². The van der Waals surface area contributed by atoms with E-state index in [9.17, 15) is 18.4 Å². The van der Waals surface area contributed by atoms with Gasteiger partial charge in [0.15, 0.2) is 18.2 Å². The lowest BCUT2D eigenvalue weighted by Gasteiger charge is -2.12. The van der Waals surface area contributed by atoms with E-state index >= 15 is 0 Å². The van der Waals surface area contributed by atoms with E-state index < -0.39 is 17.6 Å². The number of thiophene rings is 1. The van der Waals surface area contributed by atoms with Gasteiger partial charge in [-0.1, -0.05) is 0 Å². The van der Waals surface area contributed by atoms with Crippen LogP contribution in [0, 0.1) is 11.6 Å². The Bertz CT molecular complexity index is 898. The van der Waals surface area contributed by atoms with Crippen LogP contribution in [0.4, 0.5) is 13.8 Å². The second-order valence-corrected chi connectivity index (χ2v) is 7.84. The summed E-state index contributed by atoms with van der Waals surface area (Å²) in [4.78, 5) is 25.9. The van der Waals surface area contributed by atoms with Crippen molar-refractivity contribution in [1.82, 2.24) is 0 Å². The molecule has 1 aliphatic rings. The van der Waals surface area contributed by atoms with Gasteiger partial charge in [0.05, 0.1) is 12.2 Å². The lowest BCUT2D eigenvalue weighted by Crippen LogP contribution is -2.86. The summed E-state index contributed by atoms with van der Waals surface area (Å²) < 4.78 is 31.6. The quantitative estimate of drug-likeness (QED) is 0.691. The number of fused-ring (bicyclic) bond motifs is 1. The Balaban J connectivity index is 1.65. The molecule has 0 radical (unpaired) electrons. The summed E-state index contributed by atoms with van der Waals surface area (Å²) in [5.74, 6) is -2.48. The SMILES string of the molecule is CCOC(=O)c1c(NC(=O)C[NH2+][C@@H](C)c2ccc(F)c(F)c2)sc2c1CCC2. The summed E-state index contributed by atoms with van der Waals surface area (Å²) in [5, 5.41) is 5.08.